The maximum absolute atomic E-state index is 13.6. The van der Waals surface area contributed by atoms with Gasteiger partial charge in [-0.25, -0.2) is 13.8 Å². The Kier molecular flexibility index (Phi) is 2.63. The number of rotatable bonds is 2. The summed E-state index contributed by atoms with van der Waals surface area (Å²) in [6.07, 6.45) is 1.56. The Hall–Kier alpha value is -2.50. The maximum atomic E-state index is 13.6. The Morgan fingerprint density at radius 1 is 1.21 bits per heavy atom. The molecule has 3 aromatic rings. The second-order valence-electron chi connectivity index (χ2n) is 4.15. The summed E-state index contributed by atoms with van der Waals surface area (Å²) < 4.78 is 26.7. The average molecular weight is 260 g/mol. The molecule has 3 rings (SSSR count). The van der Waals surface area contributed by atoms with E-state index >= 15 is 0 Å². The predicted octanol–water partition coefficient (Wildman–Crippen LogP) is 3.29. The van der Waals surface area contributed by atoms with E-state index < -0.39 is 11.6 Å². The van der Waals surface area contributed by atoms with Crippen LogP contribution < -0.4 is 5.32 Å². The van der Waals surface area contributed by atoms with Crippen molar-refractivity contribution in [2.45, 2.75) is 6.92 Å². The highest BCUT2D eigenvalue weighted by Gasteiger charge is 2.11. The van der Waals surface area contributed by atoms with Crippen LogP contribution in [0.25, 0.3) is 10.9 Å². The first-order valence-corrected chi connectivity index (χ1v) is 5.67. The van der Waals surface area contributed by atoms with Crippen molar-refractivity contribution in [2.24, 2.45) is 0 Å². The van der Waals surface area contributed by atoms with Gasteiger partial charge in [0.15, 0.2) is 0 Å². The van der Waals surface area contributed by atoms with Crippen LogP contribution in [0.5, 0.6) is 0 Å². The molecule has 6 heteroatoms. The zero-order valence-corrected chi connectivity index (χ0v) is 10.0. The average Bonchev–Trinajstić information content (AvgIpc) is 2.77. The van der Waals surface area contributed by atoms with Crippen LogP contribution in [-0.2, 0) is 0 Å². The van der Waals surface area contributed by atoms with E-state index in [0.29, 0.717) is 11.3 Å². The smallest absolute Gasteiger partial charge is 0.146 e. The highest BCUT2D eigenvalue weighted by Crippen LogP contribution is 2.26. The van der Waals surface area contributed by atoms with E-state index in [4.69, 9.17) is 0 Å². The molecule has 0 atom stereocenters. The molecule has 2 heterocycles. The fourth-order valence-corrected chi connectivity index (χ4v) is 1.93. The standard InChI is InChI=1S/C13H10F2N4/c1-7-12-10(19-18-7)4-5-16-13(12)17-11-6-8(14)2-3-9(11)15/h2-6H,1H3,(H,16,17)(H,18,19). The first-order chi connectivity index (χ1) is 9.15. The summed E-state index contributed by atoms with van der Waals surface area (Å²) in [5.41, 5.74) is 1.56. The number of aromatic amines is 1. The summed E-state index contributed by atoms with van der Waals surface area (Å²) in [6, 6.07) is 4.97. The Morgan fingerprint density at radius 2 is 2.05 bits per heavy atom. The second-order valence-corrected chi connectivity index (χ2v) is 4.15. The number of pyridine rings is 1. The third-order valence-electron chi connectivity index (χ3n) is 2.83. The van der Waals surface area contributed by atoms with E-state index in [9.17, 15) is 8.78 Å². The van der Waals surface area contributed by atoms with Crippen molar-refractivity contribution in [1.82, 2.24) is 15.2 Å². The minimum Gasteiger partial charge on any atom is -0.337 e. The lowest BCUT2D eigenvalue weighted by Gasteiger charge is -2.08. The fourth-order valence-electron chi connectivity index (χ4n) is 1.93. The molecule has 0 saturated carbocycles. The molecule has 2 N–H and O–H groups in total. The molecular formula is C13H10F2N4. The second kappa shape index (κ2) is 4.31. The number of aromatic nitrogens is 3. The van der Waals surface area contributed by atoms with Crippen LogP contribution in [0.2, 0.25) is 0 Å². The SMILES string of the molecule is Cc1[nH]nc2ccnc(Nc3cc(F)ccc3F)c12. The van der Waals surface area contributed by atoms with Crippen LogP contribution in [0.4, 0.5) is 20.3 Å². The van der Waals surface area contributed by atoms with Crippen molar-refractivity contribution in [3.63, 3.8) is 0 Å². The third-order valence-corrected chi connectivity index (χ3v) is 2.83. The number of aryl methyl sites for hydroxylation is 1. The normalized spacial score (nSPS) is 10.9. The number of hydrogen-bond donors (Lipinski definition) is 2. The van der Waals surface area contributed by atoms with Crippen molar-refractivity contribution in [3.8, 4) is 0 Å². The third kappa shape index (κ3) is 2.01. The molecule has 0 spiro atoms. The number of nitrogens with one attached hydrogen (secondary N) is 2. The Balaban J connectivity index is 2.10. The first kappa shape index (κ1) is 11.6. The molecule has 2 aromatic heterocycles. The molecule has 0 radical (unpaired) electrons. The molecule has 96 valence electrons. The fraction of sp³-hybridized carbons (Fsp3) is 0.0769. The van der Waals surface area contributed by atoms with Gasteiger partial charge in [0.2, 0.25) is 0 Å². The van der Waals surface area contributed by atoms with Crippen molar-refractivity contribution in [1.29, 1.82) is 0 Å². The number of anilines is 2. The molecule has 0 aliphatic carbocycles. The van der Waals surface area contributed by atoms with E-state index in [-0.39, 0.29) is 5.69 Å². The van der Waals surface area contributed by atoms with Crippen LogP contribution in [0.15, 0.2) is 30.5 Å². The molecule has 0 aliphatic heterocycles. The van der Waals surface area contributed by atoms with Gasteiger partial charge in [-0.3, -0.25) is 5.10 Å². The topological polar surface area (TPSA) is 53.6 Å². The van der Waals surface area contributed by atoms with Gasteiger partial charge in [-0.15, -0.1) is 0 Å². The lowest BCUT2D eigenvalue weighted by molar-refractivity contribution is 0.603. The van der Waals surface area contributed by atoms with E-state index in [2.05, 4.69) is 20.5 Å². The molecule has 0 saturated heterocycles. The van der Waals surface area contributed by atoms with E-state index in [1.807, 2.05) is 6.92 Å². The summed E-state index contributed by atoms with van der Waals surface area (Å²) >= 11 is 0. The number of nitrogens with zero attached hydrogens (tertiary/aromatic N) is 2. The predicted molar refractivity (Wildman–Crippen MR) is 68.3 cm³/mol. The van der Waals surface area contributed by atoms with Crippen LogP contribution in [0, 0.1) is 18.6 Å². The largest absolute Gasteiger partial charge is 0.337 e. The highest BCUT2D eigenvalue weighted by molar-refractivity contribution is 5.92. The molecule has 19 heavy (non-hydrogen) atoms. The summed E-state index contributed by atoms with van der Waals surface area (Å²) in [4.78, 5) is 4.15. The van der Waals surface area contributed by atoms with Gasteiger partial charge in [0.25, 0.3) is 0 Å². The Labute approximate surface area is 107 Å². The van der Waals surface area contributed by atoms with E-state index in [1.165, 1.54) is 0 Å². The van der Waals surface area contributed by atoms with Crippen LogP contribution in [-0.4, -0.2) is 15.2 Å². The van der Waals surface area contributed by atoms with E-state index in [1.54, 1.807) is 12.3 Å². The van der Waals surface area contributed by atoms with Gasteiger partial charge in [0.05, 0.1) is 16.6 Å². The molecule has 0 aliphatic rings. The van der Waals surface area contributed by atoms with Gasteiger partial charge < -0.3 is 5.32 Å². The maximum Gasteiger partial charge on any atom is 0.146 e. The highest BCUT2D eigenvalue weighted by atomic mass is 19.1. The molecule has 0 unspecified atom stereocenters. The van der Waals surface area contributed by atoms with Gasteiger partial charge in [-0.05, 0) is 25.1 Å². The molecule has 0 fully saturated rings. The zero-order valence-electron chi connectivity index (χ0n) is 10.0. The Morgan fingerprint density at radius 3 is 2.89 bits per heavy atom. The lowest BCUT2D eigenvalue weighted by Crippen LogP contribution is -1.97. The van der Waals surface area contributed by atoms with Gasteiger partial charge in [-0.2, -0.15) is 5.10 Å². The van der Waals surface area contributed by atoms with Crippen molar-refractivity contribution < 1.29 is 8.78 Å². The molecule has 4 nitrogen and oxygen atoms in total. The van der Waals surface area contributed by atoms with Crippen LogP contribution in [0.1, 0.15) is 5.69 Å². The number of halogens is 2. The lowest BCUT2D eigenvalue weighted by atomic mass is 10.2. The number of hydrogen-bond acceptors (Lipinski definition) is 3. The minimum absolute atomic E-state index is 0.0422. The zero-order chi connectivity index (χ0) is 13.4. The summed E-state index contributed by atoms with van der Waals surface area (Å²) in [5, 5.41) is 10.5. The van der Waals surface area contributed by atoms with Crippen molar-refractivity contribution >= 4 is 22.4 Å². The summed E-state index contributed by atoms with van der Waals surface area (Å²) in [5.74, 6) is -0.616. The van der Waals surface area contributed by atoms with Gasteiger partial charge in [0, 0.05) is 18.0 Å². The van der Waals surface area contributed by atoms with Crippen LogP contribution >= 0.6 is 0 Å². The molecule has 0 bridgehead atoms. The number of H-pyrrole nitrogens is 1. The van der Waals surface area contributed by atoms with Crippen molar-refractivity contribution in [3.05, 3.63) is 47.8 Å². The monoisotopic (exact) mass is 260 g/mol. The van der Waals surface area contributed by atoms with Gasteiger partial charge in [0.1, 0.15) is 17.5 Å². The number of benzene rings is 1. The molecular weight excluding hydrogens is 250 g/mol. The molecule has 1 aromatic carbocycles. The van der Waals surface area contributed by atoms with Gasteiger partial charge in [-0.1, -0.05) is 0 Å². The van der Waals surface area contributed by atoms with E-state index in [0.717, 1.165) is 29.3 Å². The minimum atomic E-state index is -0.540. The summed E-state index contributed by atoms with van der Waals surface area (Å²) in [7, 11) is 0. The number of fused-ring (bicyclic) bond motifs is 1. The quantitative estimate of drug-likeness (QED) is 0.743. The van der Waals surface area contributed by atoms with Gasteiger partial charge >= 0.3 is 0 Å². The van der Waals surface area contributed by atoms with Crippen molar-refractivity contribution in [2.75, 3.05) is 5.32 Å². The summed E-state index contributed by atoms with van der Waals surface area (Å²) in [6.45, 7) is 1.84. The Bertz CT molecular complexity index is 751. The molecule has 0 amide bonds. The van der Waals surface area contributed by atoms with Crippen LogP contribution in [0.3, 0.4) is 0 Å². The first-order valence-electron chi connectivity index (χ1n) is 5.67.